The Morgan fingerprint density at radius 1 is 1.19 bits per heavy atom. The first-order valence-electron chi connectivity index (χ1n) is 9.48. The maximum absolute atomic E-state index is 13.2. The number of carbonyl (C=O) groups excluding carboxylic acids is 2. The Balaban J connectivity index is 1.58. The van der Waals surface area contributed by atoms with Gasteiger partial charge in [-0.2, -0.15) is 0 Å². The molecule has 4 rings (SSSR count). The summed E-state index contributed by atoms with van der Waals surface area (Å²) in [6.45, 7) is 0.0954. The van der Waals surface area contributed by atoms with Crippen LogP contribution < -0.4 is 19.7 Å². The van der Waals surface area contributed by atoms with Gasteiger partial charge in [0, 0.05) is 0 Å². The molecule has 0 saturated heterocycles. The first kappa shape index (κ1) is 20.7. The van der Waals surface area contributed by atoms with Crippen molar-refractivity contribution in [3.05, 3.63) is 82.4 Å². The van der Waals surface area contributed by atoms with Gasteiger partial charge in [-0.3, -0.25) is 14.5 Å². The third kappa shape index (κ3) is 4.64. The molecule has 31 heavy (non-hydrogen) atoms. The van der Waals surface area contributed by atoms with Crippen LogP contribution in [0.2, 0.25) is 0 Å². The Kier molecular flexibility index (Phi) is 6.08. The molecule has 3 aromatic rings. The van der Waals surface area contributed by atoms with E-state index in [4.69, 9.17) is 13.9 Å². The van der Waals surface area contributed by atoms with Crippen molar-refractivity contribution in [1.82, 2.24) is 5.32 Å². The minimum atomic E-state index is -0.404. The van der Waals surface area contributed by atoms with Crippen LogP contribution in [-0.2, 0) is 16.1 Å². The predicted molar refractivity (Wildman–Crippen MR) is 119 cm³/mol. The monoisotopic (exact) mass is 482 g/mol. The Hall–Kier alpha value is -3.52. The number of anilines is 1. The van der Waals surface area contributed by atoms with Crippen LogP contribution in [-0.4, -0.2) is 25.5 Å². The highest BCUT2D eigenvalue weighted by Crippen LogP contribution is 2.36. The number of halogens is 1. The molecule has 0 atom stereocenters. The van der Waals surface area contributed by atoms with E-state index in [0.29, 0.717) is 22.9 Å². The van der Waals surface area contributed by atoms with Gasteiger partial charge in [0.25, 0.3) is 5.91 Å². The quantitative estimate of drug-likeness (QED) is 0.534. The van der Waals surface area contributed by atoms with Crippen LogP contribution in [0, 0.1) is 0 Å². The lowest BCUT2D eigenvalue weighted by molar-refractivity contribution is -0.123. The lowest BCUT2D eigenvalue weighted by atomic mass is 10.1. The minimum absolute atomic E-state index is 0.120. The summed E-state index contributed by atoms with van der Waals surface area (Å²) in [6.07, 6.45) is 3.17. The van der Waals surface area contributed by atoms with Crippen molar-refractivity contribution < 1.29 is 23.5 Å². The van der Waals surface area contributed by atoms with Crippen molar-refractivity contribution >= 4 is 39.5 Å². The third-order valence-corrected chi connectivity index (χ3v) is 5.27. The first-order chi connectivity index (χ1) is 15.0. The number of para-hydroxylation sites is 2. The van der Waals surface area contributed by atoms with E-state index in [1.807, 2.05) is 18.2 Å². The Morgan fingerprint density at radius 3 is 2.77 bits per heavy atom. The second-order valence-corrected chi connectivity index (χ2v) is 7.57. The van der Waals surface area contributed by atoms with Crippen LogP contribution in [0.5, 0.6) is 11.5 Å². The summed E-state index contributed by atoms with van der Waals surface area (Å²) in [5.41, 5.74) is 1.28. The van der Waals surface area contributed by atoms with Gasteiger partial charge in [-0.05, 0) is 64.0 Å². The van der Waals surface area contributed by atoms with Crippen LogP contribution in [0.4, 0.5) is 5.69 Å². The van der Waals surface area contributed by atoms with Gasteiger partial charge < -0.3 is 19.2 Å². The largest absolute Gasteiger partial charge is 0.496 e. The molecular weight excluding hydrogens is 464 g/mol. The number of benzene rings is 2. The van der Waals surface area contributed by atoms with Crippen molar-refractivity contribution in [2.75, 3.05) is 18.6 Å². The van der Waals surface area contributed by atoms with Crippen LogP contribution >= 0.6 is 15.9 Å². The number of rotatable bonds is 6. The summed E-state index contributed by atoms with van der Waals surface area (Å²) >= 11 is 3.44. The Bertz CT molecular complexity index is 1140. The third-order valence-electron chi connectivity index (χ3n) is 4.65. The van der Waals surface area contributed by atoms with E-state index in [1.165, 1.54) is 11.2 Å². The molecule has 2 heterocycles. The average molecular weight is 483 g/mol. The molecule has 1 aliphatic rings. The molecule has 0 radical (unpaired) electrons. The number of hydrogen-bond donors (Lipinski definition) is 1. The summed E-state index contributed by atoms with van der Waals surface area (Å²) in [6, 6.07) is 16.0. The van der Waals surface area contributed by atoms with E-state index in [2.05, 4.69) is 21.2 Å². The van der Waals surface area contributed by atoms with Gasteiger partial charge in [0.05, 0.1) is 30.1 Å². The highest BCUT2D eigenvalue weighted by molar-refractivity contribution is 9.10. The van der Waals surface area contributed by atoms with Gasteiger partial charge >= 0.3 is 0 Å². The van der Waals surface area contributed by atoms with E-state index >= 15 is 0 Å². The fourth-order valence-electron chi connectivity index (χ4n) is 3.14. The number of nitrogens with zero attached hydrogens (tertiary/aromatic N) is 1. The number of methoxy groups -OCH3 is 1. The zero-order valence-corrected chi connectivity index (χ0v) is 18.2. The van der Waals surface area contributed by atoms with Gasteiger partial charge in [0.2, 0.25) is 5.91 Å². The minimum Gasteiger partial charge on any atom is -0.496 e. The van der Waals surface area contributed by atoms with Crippen molar-refractivity contribution in [3.63, 3.8) is 0 Å². The van der Waals surface area contributed by atoms with Gasteiger partial charge in [-0.1, -0.05) is 18.2 Å². The summed E-state index contributed by atoms with van der Waals surface area (Å²) < 4.78 is 17.1. The number of fused-ring (bicyclic) bond motifs is 1. The second-order valence-electron chi connectivity index (χ2n) is 6.72. The zero-order chi connectivity index (χ0) is 21.8. The van der Waals surface area contributed by atoms with Crippen LogP contribution in [0.15, 0.2) is 75.5 Å². The normalized spacial score (nSPS) is 14.2. The van der Waals surface area contributed by atoms with E-state index in [-0.39, 0.29) is 24.8 Å². The number of furan rings is 1. The highest BCUT2D eigenvalue weighted by atomic mass is 79.9. The fraction of sp³-hybridized carbons (Fsp3) is 0.130. The summed E-state index contributed by atoms with van der Waals surface area (Å²) in [5, 5.41) is 2.76. The van der Waals surface area contributed by atoms with E-state index < -0.39 is 5.91 Å². The van der Waals surface area contributed by atoms with Gasteiger partial charge in [-0.25, -0.2) is 0 Å². The summed E-state index contributed by atoms with van der Waals surface area (Å²) in [5.74, 6) is 1.21. The van der Waals surface area contributed by atoms with Crippen molar-refractivity contribution in [1.29, 1.82) is 0 Å². The maximum atomic E-state index is 13.2. The molecule has 0 fully saturated rings. The van der Waals surface area contributed by atoms with Crippen molar-refractivity contribution in [2.24, 2.45) is 0 Å². The molecule has 0 saturated carbocycles. The first-order valence-corrected chi connectivity index (χ1v) is 10.3. The van der Waals surface area contributed by atoms with Crippen molar-refractivity contribution in [3.8, 4) is 11.5 Å². The second kappa shape index (κ2) is 9.09. The molecule has 0 spiro atoms. The maximum Gasteiger partial charge on any atom is 0.294 e. The summed E-state index contributed by atoms with van der Waals surface area (Å²) in [7, 11) is 1.58. The number of carbonyl (C=O) groups is 2. The van der Waals surface area contributed by atoms with Gasteiger partial charge in [0.1, 0.15) is 18.1 Å². The molecule has 2 amide bonds. The lowest BCUT2D eigenvalue weighted by Gasteiger charge is -2.30. The molecule has 8 heteroatoms. The molecule has 7 nitrogen and oxygen atoms in total. The molecule has 1 aliphatic heterocycles. The molecule has 158 valence electrons. The van der Waals surface area contributed by atoms with E-state index in [1.54, 1.807) is 49.6 Å². The molecular formula is C23H19BrN2O5. The van der Waals surface area contributed by atoms with Crippen LogP contribution in [0.3, 0.4) is 0 Å². The summed E-state index contributed by atoms with van der Waals surface area (Å²) in [4.78, 5) is 27.1. The van der Waals surface area contributed by atoms with E-state index in [0.717, 1.165) is 10.0 Å². The van der Waals surface area contributed by atoms with Crippen molar-refractivity contribution in [2.45, 2.75) is 6.54 Å². The standard InChI is InChI=1S/C23H19BrN2O5/c1-29-19-9-8-15(11-17(19)24)12-21-23(28)26(18-6-2-3-7-20(18)31-21)14-22(27)25-13-16-5-4-10-30-16/h2-12H,13-14H2,1H3,(H,25,27). The molecule has 2 aromatic carbocycles. The number of ether oxygens (including phenoxy) is 2. The highest BCUT2D eigenvalue weighted by Gasteiger charge is 2.31. The van der Waals surface area contributed by atoms with Crippen LogP contribution in [0.25, 0.3) is 6.08 Å². The van der Waals surface area contributed by atoms with Gasteiger partial charge in [0.15, 0.2) is 11.5 Å². The smallest absolute Gasteiger partial charge is 0.294 e. The topological polar surface area (TPSA) is 81.0 Å². The number of nitrogens with one attached hydrogen (secondary N) is 1. The molecule has 0 bridgehead atoms. The molecule has 0 unspecified atom stereocenters. The lowest BCUT2D eigenvalue weighted by Crippen LogP contribution is -2.44. The average Bonchev–Trinajstić information content (AvgIpc) is 3.29. The molecule has 1 N–H and O–H groups in total. The van der Waals surface area contributed by atoms with Crippen LogP contribution in [0.1, 0.15) is 11.3 Å². The molecule has 0 aliphatic carbocycles. The number of amides is 2. The Morgan fingerprint density at radius 2 is 2.03 bits per heavy atom. The SMILES string of the molecule is COc1ccc(C=C2Oc3ccccc3N(CC(=O)NCc3ccco3)C2=O)cc1Br. The molecule has 1 aromatic heterocycles. The van der Waals surface area contributed by atoms with Gasteiger partial charge in [-0.15, -0.1) is 0 Å². The zero-order valence-electron chi connectivity index (χ0n) is 16.6. The number of hydrogen-bond acceptors (Lipinski definition) is 5. The predicted octanol–water partition coefficient (Wildman–Crippen LogP) is 4.13. The van der Waals surface area contributed by atoms with E-state index in [9.17, 15) is 9.59 Å². The Labute approximate surface area is 187 Å². The fourth-order valence-corrected chi connectivity index (χ4v) is 3.70.